The Morgan fingerprint density at radius 3 is 2.21 bits per heavy atom. The van der Waals surface area contributed by atoms with Crippen LogP contribution in [0.15, 0.2) is 78.9 Å². The van der Waals surface area contributed by atoms with Crippen molar-refractivity contribution >= 4 is 39.1 Å². The molecule has 1 N–H and O–H groups in total. The number of benzene rings is 3. The average molecular weight is 570 g/mol. The third-order valence-electron chi connectivity index (χ3n) is 6.49. The summed E-state index contributed by atoms with van der Waals surface area (Å²) in [6.45, 7) is 4.66. The number of rotatable bonds is 13. The average Bonchev–Trinajstić information content (AvgIpc) is 2.90. The van der Waals surface area contributed by atoms with Crippen LogP contribution in [0.3, 0.4) is 0 Å². The first-order chi connectivity index (χ1) is 18.6. The molecule has 3 aromatic carbocycles. The van der Waals surface area contributed by atoms with Crippen LogP contribution in [0.5, 0.6) is 0 Å². The smallest absolute Gasteiger partial charge is 0.243 e. The molecule has 0 aliphatic rings. The van der Waals surface area contributed by atoms with Crippen molar-refractivity contribution < 1.29 is 18.0 Å². The van der Waals surface area contributed by atoms with Crippen molar-refractivity contribution in [3.05, 3.63) is 101 Å². The van der Waals surface area contributed by atoms with Crippen LogP contribution in [-0.4, -0.2) is 50.5 Å². The van der Waals surface area contributed by atoms with Crippen molar-refractivity contribution in [2.45, 2.75) is 45.7 Å². The molecule has 9 heteroatoms. The van der Waals surface area contributed by atoms with Gasteiger partial charge >= 0.3 is 0 Å². The summed E-state index contributed by atoms with van der Waals surface area (Å²) in [7, 11) is -3.58. The summed E-state index contributed by atoms with van der Waals surface area (Å²) < 4.78 is 26.3. The Hall–Kier alpha value is -3.36. The molecule has 0 aromatic heterocycles. The predicted octanol–water partition coefficient (Wildman–Crippen LogP) is 4.97. The van der Waals surface area contributed by atoms with E-state index in [0.29, 0.717) is 23.7 Å². The fraction of sp³-hybridized carbons (Fsp3) is 0.333. The van der Waals surface area contributed by atoms with E-state index in [4.69, 9.17) is 11.6 Å². The summed E-state index contributed by atoms with van der Waals surface area (Å²) in [4.78, 5) is 28.7. The van der Waals surface area contributed by atoms with E-state index in [1.165, 1.54) is 4.31 Å². The molecule has 3 rings (SSSR count). The van der Waals surface area contributed by atoms with Crippen molar-refractivity contribution in [3.63, 3.8) is 0 Å². The van der Waals surface area contributed by atoms with Crippen molar-refractivity contribution in [2.24, 2.45) is 0 Å². The molecule has 208 valence electrons. The standard InChI is InChI=1S/C30H36ClN3O4S/c1-4-32-30(36)28(21-24-12-6-5-7-13-24)33(22-25-14-9-8-11-23(25)2)29(35)15-10-20-34(39(3,37)38)27-18-16-26(31)17-19-27/h5-9,11-14,16-19,28H,4,10,15,20-22H2,1-3H3,(H,32,36). The molecule has 2 amide bonds. The van der Waals surface area contributed by atoms with Gasteiger partial charge in [0.25, 0.3) is 0 Å². The van der Waals surface area contributed by atoms with Gasteiger partial charge in [-0.1, -0.05) is 66.2 Å². The number of anilines is 1. The molecule has 0 saturated heterocycles. The maximum Gasteiger partial charge on any atom is 0.243 e. The van der Waals surface area contributed by atoms with Crippen LogP contribution in [0.2, 0.25) is 5.02 Å². The van der Waals surface area contributed by atoms with Crippen molar-refractivity contribution in [1.82, 2.24) is 10.2 Å². The Bertz CT molecular complexity index is 1350. The second kappa shape index (κ2) is 14.1. The van der Waals surface area contributed by atoms with E-state index in [1.807, 2.05) is 68.4 Å². The number of sulfonamides is 1. The minimum absolute atomic E-state index is 0.0795. The largest absolute Gasteiger partial charge is 0.355 e. The van der Waals surface area contributed by atoms with E-state index in [0.717, 1.165) is 22.9 Å². The van der Waals surface area contributed by atoms with E-state index in [9.17, 15) is 18.0 Å². The van der Waals surface area contributed by atoms with Crippen molar-refractivity contribution in [3.8, 4) is 0 Å². The van der Waals surface area contributed by atoms with E-state index < -0.39 is 16.1 Å². The number of aryl methyl sites for hydroxylation is 1. The van der Waals surface area contributed by atoms with Crippen molar-refractivity contribution in [2.75, 3.05) is 23.7 Å². The molecule has 1 unspecified atom stereocenters. The van der Waals surface area contributed by atoms with Gasteiger partial charge in [0.15, 0.2) is 0 Å². The highest BCUT2D eigenvalue weighted by molar-refractivity contribution is 7.92. The van der Waals surface area contributed by atoms with E-state index in [-0.39, 0.29) is 37.7 Å². The first-order valence-electron chi connectivity index (χ1n) is 13.0. The maximum atomic E-state index is 13.8. The third kappa shape index (κ3) is 8.83. The number of carbonyl (C=O) groups excluding carboxylic acids is 2. The molecule has 0 heterocycles. The van der Waals surface area contributed by atoms with Gasteiger partial charge in [0, 0.05) is 37.5 Å². The van der Waals surface area contributed by atoms with Gasteiger partial charge in [0.1, 0.15) is 6.04 Å². The SMILES string of the molecule is CCNC(=O)C(Cc1ccccc1)N(Cc1ccccc1C)C(=O)CCCN(c1ccc(Cl)cc1)S(C)(=O)=O. The van der Waals surface area contributed by atoms with Gasteiger partial charge in [-0.15, -0.1) is 0 Å². The first-order valence-corrected chi connectivity index (χ1v) is 15.2. The lowest BCUT2D eigenvalue weighted by Crippen LogP contribution is -2.50. The quantitative estimate of drug-likeness (QED) is 0.315. The highest BCUT2D eigenvalue weighted by Gasteiger charge is 2.30. The molecule has 0 aliphatic heterocycles. The third-order valence-corrected chi connectivity index (χ3v) is 7.94. The molecule has 0 saturated carbocycles. The minimum Gasteiger partial charge on any atom is -0.355 e. The zero-order valence-corrected chi connectivity index (χ0v) is 24.2. The first kappa shape index (κ1) is 30.2. The summed E-state index contributed by atoms with van der Waals surface area (Å²) in [5.41, 5.74) is 3.40. The van der Waals surface area contributed by atoms with E-state index >= 15 is 0 Å². The lowest BCUT2D eigenvalue weighted by molar-refractivity contribution is -0.141. The number of likely N-dealkylation sites (N-methyl/N-ethyl adjacent to an activating group) is 1. The fourth-order valence-corrected chi connectivity index (χ4v) is 5.52. The number of halogens is 1. The van der Waals surface area contributed by atoms with Crippen molar-refractivity contribution in [1.29, 1.82) is 0 Å². The Labute approximate surface area is 236 Å². The van der Waals surface area contributed by atoms with Crippen LogP contribution in [0, 0.1) is 6.92 Å². The molecule has 0 fully saturated rings. The molecule has 0 spiro atoms. The van der Waals surface area contributed by atoms with Gasteiger partial charge in [0.05, 0.1) is 11.9 Å². The van der Waals surface area contributed by atoms with Gasteiger partial charge < -0.3 is 10.2 Å². The molecule has 7 nitrogen and oxygen atoms in total. The summed E-state index contributed by atoms with van der Waals surface area (Å²) in [5, 5.41) is 3.39. The number of amides is 2. The predicted molar refractivity (Wildman–Crippen MR) is 157 cm³/mol. The molecule has 0 aliphatic carbocycles. The van der Waals surface area contributed by atoms with Crippen LogP contribution in [-0.2, 0) is 32.6 Å². The number of carbonyl (C=O) groups is 2. The van der Waals surface area contributed by atoms with Gasteiger partial charge in [-0.05, 0) is 61.2 Å². The molecule has 39 heavy (non-hydrogen) atoms. The lowest BCUT2D eigenvalue weighted by Gasteiger charge is -2.32. The summed E-state index contributed by atoms with van der Waals surface area (Å²) >= 11 is 5.97. The summed E-state index contributed by atoms with van der Waals surface area (Å²) in [6, 6.07) is 23.2. The molecule has 0 bridgehead atoms. The Morgan fingerprint density at radius 1 is 0.949 bits per heavy atom. The van der Waals surface area contributed by atoms with Gasteiger partial charge in [-0.2, -0.15) is 0 Å². The normalized spacial score (nSPS) is 12.0. The molecule has 3 aromatic rings. The topological polar surface area (TPSA) is 86.8 Å². The number of nitrogens with zero attached hydrogens (tertiary/aromatic N) is 2. The second-order valence-electron chi connectivity index (χ2n) is 9.46. The van der Waals surface area contributed by atoms with E-state index in [1.54, 1.807) is 29.2 Å². The van der Waals surface area contributed by atoms with Crippen LogP contribution in [0.25, 0.3) is 0 Å². The molecule has 1 atom stereocenters. The van der Waals surface area contributed by atoms with Crippen LogP contribution in [0.1, 0.15) is 36.5 Å². The molecule has 0 radical (unpaired) electrons. The van der Waals surface area contributed by atoms with Crippen LogP contribution < -0.4 is 9.62 Å². The Morgan fingerprint density at radius 2 is 1.59 bits per heavy atom. The maximum absolute atomic E-state index is 13.8. The van der Waals surface area contributed by atoms with Crippen LogP contribution in [0.4, 0.5) is 5.69 Å². The van der Waals surface area contributed by atoms with Crippen LogP contribution >= 0.6 is 11.6 Å². The zero-order chi connectivity index (χ0) is 28.4. The lowest BCUT2D eigenvalue weighted by atomic mass is 10.0. The van der Waals surface area contributed by atoms with E-state index in [2.05, 4.69) is 5.32 Å². The summed E-state index contributed by atoms with van der Waals surface area (Å²) in [6.07, 6.45) is 1.87. The fourth-order valence-electron chi connectivity index (χ4n) is 4.43. The second-order valence-corrected chi connectivity index (χ2v) is 11.8. The zero-order valence-electron chi connectivity index (χ0n) is 22.6. The monoisotopic (exact) mass is 569 g/mol. The summed E-state index contributed by atoms with van der Waals surface area (Å²) in [5.74, 6) is -0.433. The highest BCUT2D eigenvalue weighted by Crippen LogP contribution is 2.22. The van der Waals surface area contributed by atoms with Gasteiger partial charge in [-0.25, -0.2) is 8.42 Å². The number of hydrogen-bond acceptors (Lipinski definition) is 4. The number of hydrogen-bond donors (Lipinski definition) is 1. The Kier molecular flexibility index (Phi) is 10.9. The Balaban J connectivity index is 1.86. The van der Waals surface area contributed by atoms with Gasteiger partial charge in [0.2, 0.25) is 21.8 Å². The molecular formula is C30H36ClN3O4S. The highest BCUT2D eigenvalue weighted by atomic mass is 35.5. The minimum atomic E-state index is -3.58. The molecular weight excluding hydrogens is 534 g/mol. The van der Waals surface area contributed by atoms with Gasteiger partial charge in [-0.3, -0.25) is 13.9 Å². The number of nitrogens with one attached hydrogen (secondary N) is 1.